The van der Waals surface area contributed by atoms with Crippen LogP contribution in [0.15, 0.2) is 48.5 Å². The molecule has 0 atom stereocenters. The minimum absolute atomic E-state index is 0.0913. The topological polar surface area (TPSA) is 61.8 Å². The maximum Gasteiger partial charge on any atom is 0.338 e. The van der Waals surface area contributed by atoms with E-state index in [0.29, 0.717) is 29.2 Å². The highest BCUT2D eigenvalue weighted by atomic mass is 16.5. The summed E-state index contributed by atoms with van der Waals surface area (Å²) in [4.78, 5) is 23.6. The maximum atomic E-state index is 12.1. The van der Waals surface area contributed by atoms with Gasteiger partial charge in [-0.05, 0) is 43.3 Å². The van der Waals surface area contributed by atoms with Crippen molar-refractivity contribution in [3.63, 3.8) is 0 Å². The number of ketones is 1. The first kappa shape index (κ1) is 16.5. The highest BCUT2D eigenvalue weighted by Gasteiger charge is 2.09. The summed E-state index contributed by atoms with van der Waals surface area (Å²) in [6.07, 6.45) is 0. The standard InChI is InChI=1S/C18H18O5/c1-3-22-18(20)13-7-9-15(10-8-13)23-12-17(19)14-5-4-6-16(11-14)21-2/h4-11H,3,12H2,1-2H3. The molecule has 2 aromatic carbocycles. The zero-order valence-corrected chi connectivity index (χ0v) is 13.1. The van der Waals surface area contributed by atoms with Gasteiger partial charge in [-0.3, -0.25) is 4.79 Å². The first-order valence-corrected chi connectivity index (χ1v) is 7.21. The van der Waals surface area contributed by atoms with Crippen molar-refractivity contribution >= 4 is 11.8 Å². The minimum atomic E-state index is -0.383. The van der Waals surface area contributed by atoms with Crippen molar-refractivity contribution in [2.45, 2.75) is 6.92 Å². The molecule has 23 heavy (non-hydrogen) atoms. The van der Waals surface area contributed by atoms with Gasteiger partial charge >= 0.3 is 5.97 Å². The molecule has 0 heterocycles. The highest BCUT2D eigenvalue weighted by molar-refractivity contribution is 5.97. The fourth-order valence-electron chi connectivity index (χ4n) is 1.93. The van der Waals surface area contributed by atoms with E-state index in [1.54, 1.807) is 62.6 Å². The molecule has 120 valence electrons. The van der Waals surface area contributed by atoms with E-state index in [9.17, 15) is 9.59 Å². The zero-order chi connectivity index (χ0) is 16.7. The Balaban J connectivity index is 1.95. The van der Waals surface area contributed by atoms with Crippen LogP contribution in [0.2, 0.25) is 0 Å². The van der Waals surface area contributed by atoms with Crippen LogP contribution in [0.5, 0.6) is 11.5 Å². The number of esters is 1. The summed E-state index contributed by atoms with van der Waals surface area (Å²) in [5, 5.41) is 0. The highest BCUT2D eigenvalue weighted by Crippen LogP contribution is 2.16. The number of benzene rings is 2. The Labute approximate surface area is 134 Å². The van der Waals surface area contributed by atoms with Gasteiger partial charge in [0.05, 0.1) is 19.3 Å². The molecule has 0 unspecified atom stereocenters. The van der Waals surface area contributed by atoms with Crippen molar-refractivity contribution in [1.29, 1.82) is 0 Å². The summed E-state index contributed by atoms with van der Waals surface area (Å²) in [6.45, 7) is 1.98. The molecule has 0 bridgehead atoms. The van der Waals surface area contributed by atoms with Crippen LogP contribution in [0.25, 0.3) is 0 Å². The second kappa shape index (κ2) is 7.98. The number of ether oxygens (including phenoxy) is 3. The number of carbonyl (C=O) groups excluding carboxylic acids is 2. The van der Waals surface area contributed by atoms with Crippen LogP contribution < -0.4 is 9.47 Å². The van der Waals surface area contributed by atoms with Gasteiger partial charge in [0.25, 0.3) is 0 Å². The maximum absolute atomic E-state index is 12.1. The van der Waals surface area contributed by atoms with E-state index < -0.39 is 0 Å². The summed E-state index contributed by atoms with van der Waals surface area (Å²) in [5.74, 6) is 0.591. The van der Waals surface area contributed by atoms with E-state index in [0.717, 1.165) is 0 Å². The van der Waals surface area contributed by atoms with Crippen LogP contribution >= 0.6 is 0 Å². The van der Waals surface area contributed by atoms with Crippen LogP contribution in [0.3, 0.4) is 0 Å². The Hall–Kier alpha value is -2.82. The first-order chi connectivity index (χ1) is 11.1. The van der Waals surface area contributed by atoms with Gasteiger partial charge < -0.3 is 14.2 Å². The molecule has 2 aromatic rings. The summed E-state index contributed by atoms with van der Waals surface area (Å²) < 4.78 is 15.4. The smallest absolute Gasteiger partial charge is 0.338 e. The normalized spacial score (nSPS) is 10.0. The van der Waals surface area contributed by atoms with Gasteiger partial charge in [0, 0.05) is 5.56 Å². The van der Waals surface area contributed by atoms with Gasteiger partial charge in [-0.2, -0.15) is 0 Å². The van der Waals surface area contributed by atoms with Gasteiger partial charge in [0.1, 0.15) is 11.5 Å². The number of hydrogen-bond donors (Lipinski definition) is 0. The molecule has 0 N–H and O–H groups in total. The average molecular weight is 314 g/mol. The largest absolute Gasteiger partial charge is 0.497 e. The van der Waals surface area contributed by atoms with Gasteiger partial charge in [0.15, 0.2) is 12.4 Å². The summed E-state index contributed by atoms with van der Waals surface area (Å²) in [5.41, 5.74) is 0.964. The van der Waals surface area contributed by atoms with E-state index in [1.807, 2.05) is 0 Å². The zero-order valence-electron chi connectivity index (χ0n) is 13.1. The Kier molecular flexibility index (Phi) is 5.74. The Morgan fingerprint density at radius 2 is 1.70 bits per heavy atom. The van der Waals surface area contributed by atoms with Gasteiger partial charge in [0.2, 0.25) is 0 Å². The van der Waals surface area contributed by atoms with E-state index >= 15 is 0 Å². The van der Waals surface area contributed by atoms with Crippen molar-refractivity contribution in [1.82, 2.24) is 0 Å². The van der Waals surface area contributed by atoms with E-state index in [4.69, 9.17) is 14.2 Å². The molecule has 0 amide bonds. The molecule has 0 radical (unpaired) electrons. The Morgan fingerprint density at radius 3 is 2.35 bits per heavy atom. The molecule has 5 nitrogen and oxygen atoms in total. The predicted octanol–water partition coefficient (Wildman–Crippen LogP) is 3.13. The van der Waals surface area contributed by atoms with Crippen LogP contribution in [-0.2, 0) is 4.74 Å². The third-order valence-electron chi connectivity index (χ3n) is 3.13. The van der Waals surface area contributed by atoms with Crippen LogP contribution in [-0.4, -0.2) is 32.1 Å². The number of Topliss-reactive ketones (excluding diaryl/α,β-unsaturated/α-hetero) is 1. The van der Waals surface area contributed by atoms with Crippen LogP contribution in [0.4, 0.5) is 0 Å². The van der Waals surface area contributed by atoms with Crippen LogP contribution in [0, 0.1) is 0 Å². The van der Waals surface area contributed by atoms with Crippen molar-refractivity contribution in [2.24, 2.45) is 0 Å². The third-order valence-corrected chi connectivity index (χ3v) is 3.13. The molecular weight excluding hydrogens is 296 g/mol. The fourth-order valence-corrected chi connectivity index (χ4v) is 1.93. The Morgan fingerprint density at radius 1 is 0.957 bits per heavy atom. The molecule has 0 saturated heterocycles. The lowest BCUT2D eigenvalue weighted by Gasteiger charge is -2.07. The molecule has 0 aliphatic rings. The lowest BCUT2D eigenvalue weighted by Crippen LogP contribution is -2.12. The molecule has 2 rings (SSSR count). The van der Waals surface area contributed by atoms with Crippen molar-refractivity contribution in [2.75, 3.05) is 20.3 Å². The predicted molar refractivity (Wildman–Crippen MR) is 85.2 cm³/mol. The molecule has 0 aromatic heterocycles. The van der Waals surface area contributed by atoms with E-state index in [2.05, 4.69) is 0 Å². The fraction of sp³-hybridized carbons (Fsp3) is 0.222. The summed E-state index contributed by atoms with van der Waals surface area (Å²) in [7, 11) is 1.55. The third kappa shape index (κ3) is 4.57. The number of carbonyl (C=O) groups is 2. The summed E-state index contributed by atoms with van der Waals surface area (Å²) in [6, 6.07) is 13.3. The first-order valence-electron chi connectivity index (χ1n) is 7.21. The molecule has 0 saturated carbocycles. The molecule has 5 heteroatoms. The lowest BCUT2D eigenvalue weighted by atomic mass is 10.1. The van der Waals surface area contributed by atoms with Crippen LogP contribution in [0.1, 0.15) is 27.6 Å². The van der Waals surface area contributed by atoms with E-state index in [1.165, 1.54) is 0 Å². The number of rotatable bonds is 7. The lowest BCUT2D eigenvalue weighted by molar-refractivity contribution is 0.0526. The second-order valence-electron chi connectivity index (χ2n) is 4.69. The van der Waals surface area contributed by atoms with Crippen molar-refractivity contribution < 1.29 is 23.8 Å². The quantitative estimate of drug-likeness (QED) is 0.580. The molecule has 0 fully saturated rings. The van der Waals surface area contributed by atoms with Crippen molar-refractivity contribution in [3.05, 3.63) is 59.7 Å². The summed E-state index contributed by atoms with van der Waals surface area (Å²) >= 11 is 0. The molecule has 0 aliphatic heterocycles. The average Bonchev–Trinajstić information content (AvgIpc) is 2.60. The van der Waals surface area contributed by atoms with Crippen molar-refractivity contribution in [3.8, 4) is 11.5 Å². The van der Waals surface area contributed by atoms with Gasteiger partial charge in [-0.15, -0.1) is 0 Å². The SMILES string of the molecule is CCOC(=O)c1ccc(OCC(=O)c2cccc(OC)c2)cc1. The second-order valence-corrected chi connectivity index (χ2v) is 4.69. The molecular formula is C18H18O5. The number of hydrogen-bond acceptors (Lipinski definition) is 5. The molecule has 0 aliphatic carbocycles. The van der Waals surface area contributed by atoms with E-state index in [-0.39, 0.29) is 18.4 Å². The molecule has 0 spiro atoms. The number of methoxy groups -OCH3 is 1. The monoisotopic (exact) mass is 314 g/mol. The Bertz CT molecular complexity index is 676. The van der Waals surface area contributed by atoms with Gasteiger partial charge in [-0.1, -0.05) is 12.1 Å². The van der Waals surface area contributed by atoms with Gasteiger partial charge in [-0.25, -0.2) is 4.79 Å². The minimum Gasteiger partial charge on any atom is -0.497 e.